The number of hydrogen-bond acceptors (Lipinski definition) is 5. The number of unbranched alkanes of at least 4 members (excludes halogenated alkanes) is 1. The fourth-order valence-corrected chi connectivity index (χ4v) is 4.75. The van der Waals surface area contributed by atoms with Gasteiger partial charge in [-0.15, -0.1) is 11.3 Å². The number of rotatable bonds is 11. The van der Waals surface area contributed by atoms with Crippen LogP contribution in [0.3, 0.4) is 0 Å². The molecule has 0 saturated heterocycles. The second-order valence-electron chi connectivity index (χ2n) is 8.12. The number of imidazole rings is 1. The number of nitrogens with zero attached hydrogens (tertiary/aromatic N) is 2. The lowest BCUT2D eigenvalue weighted by molar-refractivity contribution is -0.139. The number of nitrogens with one attached hydrogen (secondary N) is 1. The number of H-pyrrole nitrogens is 1. The Morgan fingerprint density at radius 1 is 1.30 bits per heavy atom. The van der Waals surface area contributed by atoms with Gasteiger partial charge in [0.1, 0.15) is 17.6 Å². The predicted octanol–water partition coefficient (Wildman–Crippen LogP) is 5.16. The van der Waals surface area contributed by atoms with E-state index in [9.17, 15) is 14.7 Å². The van der Waals surface area contributed by atoms with Crippen molar-refractivity contribution in [3.05, 3.63) is 64.6 Å². The summed E-state index contributed by atoms with van der Waals surface area (Å²) in [6.45, 7) is 5.70. The summed E-state index contributed by atoms with van der Waals surface area (Å²) < 4.78 is 5.40. The van der Waals surface area contributed by atoms with Gasteiger partial charge in [0.15, 0.2) is 0 Å². The number of aryl methyl sites for hydroxylation is 1. The minimum absolute atomic E-state index is 0.0463. The molecule has 0 aliphatic carbocycles. The number of thiophene rings is 1. The average Bonchev–Trinajstić information content (AvgIpc) is 3.47. The van der Waals surface area contributed by atoms with Crippen molar-refractivity contribution in [3.8, 4) is 5.75 Å². The second-order valence-corrected chi connectivity index (χ2v) is 9.05. The molecule has 2 atom stereocenters. The van der Waals surface area contributed by atoms with E-state index in [1.807, 2.05) is 18.4 Å². The van der Waals surface area contributed by atoms with Crippen LogP contribution < -0.4 is 9.64 Å². The Morgan fingerprint density at radius 3 is 2.70 bits per heavy atom. The van der Waals surface area contributed by atoms with Gasteiger partial charge in [0, 0.05) is 17.8 Å². The Morgan fingerprint density at radius 2 is 2.09 bits per heavy atom. The molecule has 0 spiro atoms. The van der Waals surface area contributed by atoms with Crippen LogP contribution in [-0.2, 0) is 16.0 Å². The van der Waals surface area contributed by atoms with Crippen LogP contribution in [0.1, 0.15) is 61.7 Å². The number of carboxylic acid groups (broad SMARTS) is 1. The van der Waals surface area contributed by atoms with Gasteiger partial charge >= 0.3 is 5.97 Å². The molecular weight excluding hydrogens is 438 g/mol. The minimum atomic E-state index is -1.04. The van der Waals surface area contributed by atoms with Crippen molar-refractivity contribution in [1.82, 2.24) is 9.97 Å². The number of amides is 1. The van der Waals surface area contributed by atoms with Crippen molar-refractivity contribution in [2.24, 2.45) is 0 Å². The molecule has 2 aromatic heterocycles. The number of methoxy groups -OCH3 is 1. The highest BCUT2D eigenvalue weighted by Crippen LogP contribution is 2.31. The Labute approximate surface area is 198 Å². The van der Waals surface area contributed by atoms with Crippen molar-refractivity contribution in [3.63, 3.8) is 0 Å². The first-order valence-electron chi connectivity index (χ1n) is 11.1. The van der Waals surface area contributed by atoms with E-state index in [4.69, 9.17) is 4.74 Å². The molecule has 7 nitrogen and oxygen atoms in total. The molecular formula is C25H31N3O4S. The van der Waals surface area contributed by atoms with Crippen molar-refractivity contribution in [2.75, 3.05) is 12.0 Å². The molecule has 0 aliphatic rings. The van der Waals surface area contributed by atoms with Crippen LogP contribution in [0.2, 0.25) is 0 Å². The van der Waals surface area contributed by atoms with Gasteiger partial charge in [-0.2, -0.15) is 0 Å². The molecule has 0 fully saturated rings. The Hall–Kier alpha value is -3.13. The lowest BCUT2D eigenvalue weighted by Gasteiger charge is -2.24. The molecule has 3 aromatic rings. The van der Waals surface area contributed by atoms with Crippen molar-refractivity contribution in [2.45, 2.75) is 58.4 Å². The van der Waals surface area contributed by atoms with Crippen LogP contribution >= 0.6 is 11.3 Å². The first kappa shape index (κ1) is 24.5. The molecule has 0 saturated carbocycles. The number of aliphatic carboxylic acids is 1. The fraction of sp³-hybridized carbons (Fsp3) is 0.400. The third-order valence-corrected chi connectivity index (χ3v) is 6.61. The van der Waals surface area contributed by atoms with Crippen molar-refractivity contribution >= 4 is 28.2 Å². The van der Waals surface area contributed by atoms with Gasteiger partial charge in [0.2, 0.25) is 5.91 Å². The molecule has 1 amide bonds. The quantitative estimate of drug-likeness (QED) is 0.404. The zero-order chi connectivity index (χ0) is 24.0. The molecule has 33 heavy (non-hydrogen) atoms. The van der Waals surface area contributed by atoms with Gasteiger partial charge in [-0.05, 0) is 55.0 Å². The minimum Gasteiger partial charge on any atom is -0.496 e. The second kappa shape index (κ2) is 11.1. The third kappa shape index (κ3) is 5.82. The van der Waals surface area contributed by atoms with E-state index in [0.29, 0.717) is 10.7 Å². The zero-order valence-electron chi connectivity index (χ0n) is 19.5. The van der Waals surface area contributed by atoms with Crippen molar-refractivity contribution < 1.29 is 19.4 Å². The SMILES string of the molecule is CCCCC(c1ccc(OC)c(C)c1)c1ncc(CC(=O)N(c2cccs2)[C@@H](C)C(=O)O)[nH]1. The van der Waals surface area contributed by atoms with Gasteiger partial charge in [0.25, 0.3) is 0 Å². The van der Waals surface area contributed by atoms with Gasteiger partial charge < -0.3 is 14.8 Å². The molecule has 0 bridgehead atoms. The van der Waals surface area contributed by atoms with Crippen LogP contribution in [0, 0.1) is 6.92 Å². The summed E-state index contributed by atoms with van der Waals surface area (Å²) in [5.74, 6) is 0.402. The number of aromatic amines is 1. The fourth-order valence-electron chi connectivity index (χ4n) is 3.93. The summed E-state index contributed by atoms with van der Waals surface area (Å²) >= 11 is 1.34. The first-order valence-corrected chi connectivity index (χ1v) is 12.0. The number of carboxylic acids is 1. The predicted molar refractivity (Wildman–Crippen MR) is 130 cm³/mol. The molecule has 0 aliphatic heterocycles. The monoisotopic (exact) mass is 469 g/mol. The van der Waals surface area contributed by atoms with E-state index >= 15 is 0 Å². The number of benzene rings is 1. The Kier molecular flexibility index (Phi) is 8.27. The highest BCUT2D eigenvalue weighted by atomic mass is 32.1. The summed E-state index contributed by atoms with van der Waals surface area (Å²) in [5, 5.41) is 11.9. The van der Waals surface area contributed by atoms with Crippen LogP contribution in [-0.4, -0.2) is 40.1 Å². The van der Waals surface area contributed by atoms with E-state index in [2.05, 4.69) is 29.0 Å². The Balaban J connectivity index is 1.84. The van der Waals surface area contributed by atoms with Crippen LogP contribution in [0.25, 0.3) is 0 Å². The van der Waals surface area contributed by atoms with E-state index in [1.54, 1.807) is 25.4 Å². The standard InChI is InChI=1S/C25H31N3O4S/c1-5-6-8-20(18-10-11-21(32-4)16(2)13-18)24-26-15-19(27-24)14-22(29)28(17(3)25(30)31)23-9-7-12-33-23/h7,9-13,15,17,20H,5-6,8,14H2,1-4H3,(H,26,27)(H,30,31)/t17-,20?/m0/s1. The van der Waals surface area contributed by atoms with E-state index in [-0.39, 0.29) is 18.2 Å². The van der Waals surface area contributed by atoms with Gasteiger partial charge in [-0.25, -0.2) is 9.78 Å². The number of anilines is 1. The smallest absolute Gasteiger partial charge is 0.326 e. The Bertz CT molecular complexity index is 1080. The number of carbonyl (C=O) groups is 2. The molecule has 1 unspecified atom stereocenters. The summed E-state index contributed by atoms with van der Waals surface area (Å²) in [4.78, 5) is 34.0. The third-order valence-electron chi connectivity index (χ3n) is 5.74. The largest absolute Gasteiger partial charge is 0.496 e. The molecule has 176 valence electrons. The molecule has 2 N–H and O–H groups in total. The van der Waals surface area contributed by atoms with E-state index in [1.165, 1.54) is 23.2 Å². The summed E-state index contributed by atoms with van der Waals surface area (Å²) in [6.07, 6.45) is 4.78. The highest BCUT2D eigenvalue weighted by molar-refractivity contribution is 7.14. The topological polar surface area (TPSA) is 95.5 Å². The molecule has 0 radical (unpaired) electrons. The molecule has 1 aromatic carbocycles. The van der Waals surface area contributed by atoms with E-state index in [0.717, 1.165) is 42.0 Å². The summed E-state index contributed by atoms with van der Waals surface area (Å²) in [7, 11) is 1.66. The van der Waals surface area contributed by atoms with E-state index < -0.39 is 12.0 Å². The maximum atomic E-state index is 13.1. The van der Waals surface area contributed by atoms with Gasteiger partial charge in [-0.1, -0.05) is 31.9 Å². The zero-order valence-corrected chi connectivity index (χ0v) is 20.3. The lowest BCUT2D eigenvalue weighted by Crippen LogP contribution is -2.43. The van der Waals surface area contributed by atoms with Crippen LogP contribution in [0.5, 0.6) is 5.75 Å². The van der Waals surface area contributed by atoms with Crippen LogP contribution in [0.4, 0.5) is 5.00 Å². The normalized spacial score (nSPS) is 12.8. The summed E-state index contributed by atoms with van der Waals surface area (Å²) in [5.41, 5.74) is 2.88. The highest BCUT2D eigenvalue weighted by Gasteiger charge is 2.28. The average molecular weight is 470 g/mol. The number of ether oxygens (including phenoxy) is 1. The number of hydrogen-bond donors (Lipinski definition) is 2. The van der Waals surface area contributed by atoms with Gasteiger partial charge in [0.05, 0.1) is 18.5 Å². The molecule has 2 heterocycles. The van der Waals surface area contributed by atoms with Crippen molar-refractivity contribution in [1.29, 1.82) is 0 Å². The number of carbonyl (C=O) groups excluding carboxylic acids is 1. The first-order chi connectivity index (χ1) is 15.8. The maximum Gasteiger partial charge on any atom is 0.326 e. The molecule has 8 heteroatoms. The van der Waals surface area contributed by atoms with Gasteiger partial charge in [-0.3, -0.25) is 9.69 Å². The summed E-state index contributed by atoms with van der Waals surface area (Å²) in [6, 6.07) is 8.76. The maximum absolute atomic E-state index is 13.1. The number of aromatic nitrogens is 2. The van der Waals surface area contributed by atoms with Crippen LogP contribution in [0.15, 0.2) is 41.9 Å². The lowest BCUT2D eigenvalue weighted by atomic mass is 9.91. The molecule has 3 rings (SSSR count).